The molecule has 0 aliphatic carbocycles. The maximum absolute atomic E-state index is 12.9. The fraction of sp³-hybridized carbons (Fsp3) is 0.400. The second-order valence-corrected chi connectivity index (χ2v) is 6.79. The van der Waals surface area contributed by atoms with Gasteiger partial charge in [0.25, 0.3) is 5.91 Å². The molecule has 2 heterocycles. The van der Waals surface area contributed by atoms with Crippen molar-refractivity contribution in [2.75, 3.05) is 19.7 Å². The van der Waals surface area contributed by atoms with Crippen LogP contribution in [0.25, 0.3) is 0 Å². The summed E-state index contributed by atoms with van der Waals surface area (Å²) >= 11 is 0. The number of aliphatic hydroxyl groups excluding tert-OH is 1. The van der Waals surface area contributed by atoms with Crippen molar-refractivity contribution in [1.29, 1.82) is 0 Å². The lowest BCUT2D eigenvalue weighted by atomic mass is 9.74. The minimum Gasteiger partial charge on any atom is -0.395 e. The van der Waals surface area contributed by atoms with Crippen LogP contribution in [0.1, 0.15) is 40.0 Å². The molecule has 1 N–H and O–H groups in total. The van der Waals surface area contributed by atoms with Gasteiger partial charge in [-0.2, -0.15) is 0 Å². The highest BCUT2D eigenvalue weighted by Crippen LogP contribution is 2.34. The Balaban J connectivity index is 1.87. The van der Waals surface area contributed by atoms with Crippen LogP contribution >= 0.6 is 0 Å². The summed E-state index contributed by atoms with van der Waals surface area (Å²) in [5.74, 6) is -0.0495. The number of carbonyl (C=O) groups excluding carboxylic acids is 1. The molecule has 24 heavy (non-hydrogen) atoms. The number of aryl methyl sites for hydroxylation is 2. The summed E-state index contributed by atoms with van der Waals surface area (Å²) in [5.41, 5.74) is 3.36. The maximum atomic E-state index is 12.9. The van der Waals surface area contributed by atoms with Gasteiger partial charge in [-0.25, -0.2) is 0 Å². The quantitative estimate of drug-likeness (QED) is 0.944. The van der Waals surface area contributed by atoms with Crippen LogP contribution in [0.5, 0.6) is 0 Å². The molecule has 2 aromatic rings. The van der Waals surface area contributed by atoms with Crippen LogP contribution in [0.3, 0.4) is 0 Å². The van der Waals surface area contributed by atoms with Crippen LogP contribution in [-0.4, -0.2) is 40.6 Å². The molecule has 1 atom stereocenters. The number of benzene rings is 1. The van der Waals surface area contributed by atoms with Gasteiger partial charge in [-0.3, -0.25) is 9.78 Å². The molecule has 0 spiro atoms. The lowest BCUT2D eigenvalue weighted by Gasteiger charge is -2.42. The number of carbonyl (C=O) groups is 1. The summed E-state index contributed by atoms with van der Waals surface area (Å²) in [4.78, 5) is 19.0. The van der Waals surface area contributed by atoms with Gasteiger partial charge in [-0.05, 0) is 49.4 Å². The summed E-state index contributed by atoms with van der Waals surface area (Å²) in [6.07, 6.45) is 3.52. The summed E-state index contributed by atoms with van der Waals surface area (Å²) in [6.45, 7) is 5.26. The number of hydrogen-bond donors (Lipinski definition) is 1. The first-order valence-electron chi connectivity index (χ1n) is 8.45. The van der Waals surface area contributed by atoms with Crippen molar-refractivity contribution in [3.63, 3.8) is 0 Å². The predicted octanol–water partition coefficient (Wildman–Crippen LogP) is 2.86. The first kappa shape index (κ1) is 16.7. The monoisotopic (exact) mass is 324 g/mol. The molecule has 1 aliphatic rings. The number of amides is 1. The normalized spacial score (nSPS) is 20.9. The Morgan fingerprint density at radius 3 is 2.67 bits per heavy atom. The smallest absolute Gasteiger partial charge is 0.272 e. The molecule has 1 aromatic carbocycles. The van der Waals surface area contributed by atoms with Crippen molar-refractivity contribution < 1.29 is 9.90 Å². The van der Waals surface area contributed by atoms with Crippen molar-refractivity contribution >= 4 is 5.91 Å². The molecular formula is C20H24N2O2. The number of aromatic nitrogens is 1. The molecule has 0 saturated carbocycles. The molecule has 1 unspecified atom stereocenters. The van der Waals surface area contributed by atoms with Gasteiger partial charge < -0.3 is 10.0 Å². The second kappa shape index (κ2) is 6.73. The van der Waals surface area contributed by atoms with Gasteiger partial charge in [0.15, 0.2) is 0 Å². The fourth-order valence-corrected chi connectivity index (χ4v) is 3.46. The van der Waals surface area contributed by atoms with Gasteiger partial charge in [0, 0.05) is 24.7 Å². The zero-order valence-electron chi connectivity index (χ0n) is 14.3. The van der Waals surface area contributed by atoms with E-state index in [0.29, 0.717) is 18.8 Å². The van der Waals surface area contributed by atoms with E-state index in [-0.39, 0.29) is 17.9 Å². The Labute approximate surface area is 143 Å². The number of piperidine rings is 1. The van der Waals surface area contributed by atoms with E-state index in [4.69, 9.17) is 0 Å². The first-order valence-corrected chi connectivity index (χ1v) is 8.45. The summed E-state index contributed by atoms with van der Waals surface area (Å²) in [5, 5.41) is 10.1. The van der Waals surface area contributed by atoms with E-state index < -0.39 is 0 Å². The van der Waals surface area contributed by atoms with E-state index in [9.17, 15) is 9.90 Å². The van der Waals surface area contributed by atoms with Crippen molar-refractivity contribution in [2.24, 2.45) is 0 Å². The number of likely N-dealkylation sites (tertiary alicyclic amines) is 1. The number of pyridine rings is 1. The van der Waals surface area contributed by atoms with Gasteiger partial charge in [-0.1, -0.05) is 30.3 Å². The van der Waals surface area contributed by atoms with Gasteiger partial charge in [0.2, 0.25) is 0 Å². The molecule has 4 heteroatoms. The largest absolute Gasteiger partial charge is 0.395 e. The zero-order chi connectivity index (χ0) is 17.2. The molecular weight excluding hydrogens is 300 g/mol. The average Bonchev–Trinajstić information content (AvgIpc) is 2.64. The molecule has 4 nitrogen and oxygen atoms in total. The van der Waals surface area contributed by atoms with Crippen LogP contribution in [-0.2, 0) is 5.41 Å². The molecule has 1 saturated heterocycles. The third-order valence-corrected chi connectivity index (χ3v) is 5.14. The van der Waals surface area contributed by atoms with Crippen LogP contribution in [0.15, 0.2) is 42.6 Å². The third-order valence-electron chi connectivity index (χ3n) is 5.14. The maximum Gasteiger partial charge on any atom is 0.272 e. The summed E-state index contributed by atoms with van der Waals surface area (Å²) < 4.78 is 0. The first-order chi connectivity index (χ1) is 11.6. The van der Waals surface area contributed by atoms with Gasteiger partial charge in [0.05, 0.1) is 6.61 Å². The fourth-order valence-electron chi connectivity index (χ4n) is 3.46. The average molecular weight is 324 g/mol. The Kier molecular flexibility index (Phi) is 4.67. The molecule has 0 radical (unpaired) electrons. The van der Waals surface area contributed by atoms with E-state index in [1.165, 1.54) is 0 Å². The minimum atomic E-state index is -0.380. The van der Waals surface area contributed by atoms with Gasteiger partial charge in [0.1, 0.15) is 5.69 Å². The highest BCUT2D eigenvalue weighted by molar-refractivity contribution is 5.92. The topological polar surface area (TPSA) is 53.4 Å². The zero-order valence-corrected chi connectivity index (χ0v) is 14.3. The second-order valence-electron chi connectivity index (χ2n) is 6.79. The number of rotatable bonds is 3. The van der Waals surface area contributed by atoms with Gasteiger partial charge >= 0.3 is 0 Å². The van der Waals surface area contributed by atoms with Crippen LogP contribution in [0, 0.1) is 13.8 Å². The van der Waals surface area contributed by atoms with E-state index in [2.05, 4.69) is 4.98 Å². The summed E-state index contributed by atoms with van der Waals surface area (Å²) in [7, 11) is 0. The Hall–Kier alpha value is -2.20. The van der Waals surface area contributed by atoms with Crippen molar-refractivity contribution in [2.45, 2.75) is 32.1 Å². The molecule has 126 valence electrons. The van der Waals surface area contributed by atoms with E-state index in [1.807, 2.05) is 55.1 Å². The van der Waals surface area contributed by atoms with Crippen molar-refractivity contribution in [3.05, 3.63) is 65.0 Å². The van der Waals surface area contributed by atoms with E-state index in [1.54, 1.807) is 6.20 Å². The predicted molar refractivity (Wildman–Crippen MR) is 94.1 cm³/mol. The third kappa shape index (κ3) is 3.06. The molecule has 3 rings (SSSR count). The Morgan fingerprint density at radius 2 is 2.00 bits per heavy atom. The number of nitrogens with zero attached hydrogens (tertiary/aromatic N) is 2. The SMILES string of the molecule is Cc1cnc(C(=O)N2CCCC(CO)(c3ccccc3)C2)cc1C. The van der Waals surface area contributed by atoms with Crippen molar-refractivity contribution in [1.82, 2.24) is 9.88 Å². The lowest BCUT2D eigenvalue weighted by Crippen LogP contribution is -2.50. The Morgan fingerprint density at radius 1 is 1.25 bits per heavy atom. The highest BCUT2D eigenvalue weighted by Gasteiger charge is 2.38. The molecule has 0 bridgehead atoms. The molecule has 1 fully saturated rings. The number of hydrogen-bond acceptors (Lipinski definition) is 3. The van der Waals surface area contributed by atoms with Crippen LogP contribution in [0.2, 0.25) is 0 Å². The summed E-state index contributed by atoms with van der Waals surface area (Å²) in [6, 6.07) is 11.9. The number of aliphatic hydroxyl groups is 1. The molecule has 1 aromatic heterocycles. The molecule has 1 aliphatic heterocycles. The van der Waals surface area contributed by atoms with E-state index >= 15 is 0 Å². The molecule has 1 amide bonds. The standard InChI is InChI=1S/C20H24N2O2/c1-15-11-18(21-12-16(15)2)19(24)22-10-6-9-20(13-22,14-23)17-7-4-3-5-8-17/h3-5,7-8,11-12,23H,6,9-10,13-14H2,1-2H3. The minimum absolute atomic E-state index is 0.0428. The Bertz CT molecular complexity index is 730. The van der Waals surface area contributed by atoms with Crippen LogP contribution < -0.4 is 0 Å². The van der Waals surface area contributed by atoms with Crippen LogP contribution in [0.4, 0.5) is 0 Å². The van der Waals surface area contributed by atoms with E-state index in [0.717, 1.165) is 29.5 Å². The van der Waals surface area contributed by atoms with Gasteiger partial charge in [-0.15, -0.1) is 0 Å². The lowest BCUT2D eigenvalue weighted by molar-refractivity contribution is 0.0538. The van der Waals surface area contributed by atoms with Crippen molar-refractivity contribution in [3.8, 4) is 0 Å². The highest BCUT2D eigenvalue weighted by atomic mass is 16.3.